The monoisotopic (exact) mass is 247 g/mol. The minimum Gasteiger partial charge on any atom is -0.399 e. The number of benzene rings is 1. The fraction of sp³-hybridized carbons (Fsp3) is 0.385. The predicted molar refractivity (Wildman–Crippen MR) is 71.9 cm³/mol. The Bertz CT molecular complexity index is 499. The number of nitro benzene ring substituents is 1. The number of hydrogen-bond donors (Lipinski definition) is 1. The molecule has 1 atom stereocenters. The number of nitrogen functional groups attached to an aromatic ring is 1. The van der Waals surface area contributed by atoms with Crippen LogP contribution in [-0.4, -0.2) is 22.9 Å². The first-order chi connectivity index (χ1) is 8.47. The number of anilines is 1. The van der Waals surface area contributed by atoms with Gasteiger partial charge in [0.1, 0.15) is 0 Å². The molecule has 1 saturated heterocycles. The van der Waals surface area contributed by atoms with Crippen LogP contribution in [-0.2, 0) is 0 Å². The summed E-state index contributed by atoms with van der Waals surface area (Å²) in [4.78, 5) is 12.5. The lowest BCUT2D eigenvalue weighted by Crippen LogP contribution is -2.18. The van der Waals surface area contributed by atoms with Gasteiger partial charge in [0.05, 0.1) is 4.92 Å². The molecule has 5 heteroatoms. The first-order valence-corrected chi connectivity index (χ1v) is 5.96. The third-order valence-electron chi connectivity index (χ3n) is 3.29. The van der Waals surface area contributed by atoms with E-state index in [4.69, 9.17) is 5.73 Å². The van der Waals surface area contributed by atoms with E-state index >= 15 is 0 Å². The molecule has 1 aliphatic heterocycles. The summed E-state index contributed by atoms with van der Waals surface area (Å²) in [6, 6.07) is 4.63. The summed E-state index contributed by atoms with van der Waals surface area (Å²) in [7, 11) is 0. The predicted octanol–water partition coefficient (Wildman–Crippen LogP) is 2.49. The van der Waals surface area contributed by atoms with Crippen molar-refractivity contribution in [2.75, 3.05) is 18.8 Å². The molecular weight excluding hydrogens is 230 g/mol. The van der Waals surface area contributed by atoms with Crippen LogP contribution in [0.25, 0.3) is 5.70 Å². The molecule has 0 aliphatic carbocycles. The molecule has 96 valence electrons. The lowest BCUT2D eigenvalue weighted by Gasteiger charge is -2.21. The van der Waals surface area contributed by atoms with Crippen molar-refractivity contribution in [1.29, 1.82) is 0 Å². The highest BCUT2D eigenvalue weighted by Crippen LogP contribution is 2.29. The van der Waals surface area contributed by atoms with Gasteiger partial charge in [0.15, 0.2) is 0 Å². The molecule has 1 unspecified atom stereocenters. The number of hydrogen-bond acceptors (Lipinski definition) is 4. The van der Waals surface area contributed by atoms with Crippen molar-refractivity contribution in [2.45, 2.75) is 13.3 Å². The third kappa shape index (κ3) is 2.45. The highest BCUT2D eigenvalue weighted by Gasteiger charge is 2.21. The molecule has 0 radical (unpaired) electrons. The van der Waals surface area contributed by atoms with Gasteiger partial charge in [0.25, 0.3) is 5.69 Å². The Hall–Kier alpha value is -2.04. The smallest absolute Gasteiger partial charge is 0.272 e. The van der Waals surface area contributed by atoms with Crippen molar-refractivity contribution in [3.8, 4) is 0 Å². The lowest BCUT2D eigenvalue weighted by molar-refractivity contribution is -0.384. The van der Waals surface area contributed by atoms with Gasteiger partial charge in [0, 0.05) is 42.2 Å². The normalized spacial score (nSPS) is 18.9. The van der Waals surface area contributed by atoms with Gasteiger partial charge in [-0.05, 0) is 18.4 Å². The Kier molecular flexibility index (Phi) is 3.23. The van der Waals surface area contributed by atoms with E-state index in [-0.39, 0.29) is 5.69 Å². The molecule has 1 fully saturated rings. The number of non-ortho nitro benzene ring substituents is 1. The molecule has 0 spiro atoms. The average molecular weight is 247 g/mol. The van der Waals surface area contributed by atoms with E-state index in [0.717, 1.165) is 30.8 Å². The van der Waals surface area contributed by atoms with Gasteiger partial charge >= 0.3 is 0 Å². The van der Waals surface area contributed by atoms with E-state index < -0.39 is 4.92 Å². The summed E-state index contributed by atoms with van der Waals surface area (Å²) in [6.07, 6.45) is 1.13. The zero-order chi connectivity index (χ0) is 13.3. The SMILES string of the molecule is C=C(c1cc(N)cc([N+](=O)[O-])c1)N1CCC(C)C1. The molecule has 0 saturated carbocycles. The van der Waals surface area contributed by atoms with Crippen molar-refractivity contribution in [2.24, 2.45) is 5.92 Å². The van der Waals surface area contributed by atoms with E-state index in [1.165, 1.54) is 12.1 Å². The van der Waals surface area contributed by atoms with Crippen LogP contribution < -0.4 is 5.73 Å². The van der Waals surface area contributed by atoms with Crippen molar-refractivity contribution < 1.29 is 4.92 Å². The number of likely N-dealkylation sites (tertiary alicyclic amines) is 1. The molecule has 2 N–H and O–H groups in total. The molecule has 0 amide bonds. The molecule has 0 bridgehead atoms. The van der Waals surface area contributed by atoms with Gasteiger partial charge in [-0.3, -0.25) is 10.1 Å². The number of nitro groups is 1. The van der Waals surface area contributed by atoms with E-state index in [1.807, 2.05) is 0 Å². The van der Waals surface area contributed by atoms with Gasteiger partial charge < -0.3 is 10.6 Å². The van der Waals surface area contributed by atoms with Crippen LogP contribution in [0, 0.1) is 16.0 Å². The van der Waals surface area contributed by atoms with E-state index in [9.17, 15) is 10.1 Å². The van der Waals surface area contributed by atoms with Crippen LogP contribution in [0.4, 0.5) is 11.4 Å². The van der Waals surface area contributed by atoms with Crippen LogP contribution in [0.1, 0.15) is 18.9 Å². The molecule has 1 aliphatic rings. The summed E-state index contributed by atoms with van der Waals surface area (Å²) in [5.41, 5.74) is 7.65. The summed E-state index contributed by atoms with van der Waals surface area (Å²) in [5, 5.41) is 10.8. The largest absolute Gasteiger partial charge is 0.399 e. The Morgan fingerprint density at radius 3 is 2.83 bits per heavy atom. The van der Waals surface area contributed by atoms with Crippen molar-refractivity contribution >= 4 is 17.1 Å². The zero-order valence-electron chi connectivity index (χ0n) is 10.4. The van der Waals surface area contributed by atoms with Crippen LogP contribution in [0.15, 0.2) is 24.8 Å². The number of rotatable bonds is 3. The summed E-state index contributed by atoms with van der Waals surface area (Å²) >= 11 is 0. The molecule has 0 aromatic heterocycles. The highest BCUT2D eigenvalue weighted by molar-refractivity contribution is 5.68. The minimum atomic E-state index is -0.431. The van der Waals surface area contributed by atoms with Gasteiger partial charge in [-0.25, -0.2) is 0 Å². The maximum Gasteiger partial charge on any atom is 0.272 e. The molecule has 18 heavy (non-hydrogen) atoms. The summed E-state index contributed by atoms with van der Waals surface area (Å²) in [6.45, 7) is 8.11. The van der Waals surface area contributed by atoms with Crippen LogP contribution in [0.3, 0.4) is 0 Å². The maximum absolute atomic E-state index is 10.8. The van der Waals surface area contributed by atoms with Gasteiger partial charge in [-0.15, -0.1) is 0 Å². The first-order valence-electron chi connectivity index (χ1n) is 5.96. The fourth-order valence-corrected chi connectivity index (χ4v) is 2.27. The van der Waals surface area contributed by atoms with Gasteiger partial charge in [0.2, 0.25) is 0 Å². The topological polar surface area (TPSA) is 72.4 Å². The van der Waals surface area contributed by atoms with E-state index in [0.29, 0.717) is 11.6 Å². The molecule has 5 nitrogen and oxygen atoms in total. The summed E-state index contributed by atoms with van der Waals surface area (Å²) in [5.74, 6) is 0.637. The number of nitrogens with two attached hydrogens (primary N) is 1. The molecule has 1 aromatic rings. The minimum absolute atomic E-state index is 0.0124. The standard InChI is InChI=1S/C13H17N3O2/c1-9-3-4-15(8-9)10(2)11-5-12(14)7-13(6-11)16(17)18/h5-7,9H,2-4,8,14H2,1H3. The quantitative estimate of drug-likeness (QED) is 0.506. The van der Waals surface area contributed by atoms with E-state index in [2.05, 4.69) is 18.4 Å². The molecular formula is C13H17N3O2. The highest BCUT2D eigenvalue weighted by atomic mass is 16.6. The second-order valence-corrected chi connectivity index (χ2v) is 4.86. The lowest BCUT2D eigenvalue weighted by atomic mass is 10.1. The van der Waals surface area contributed by atoms with Crippen LogP contribution >= 0.6 is 0 Å². The second kappa shape index (κ2) is 4.68. The van der Waals surface area contributed by atoms with Crippen LogP contribution in [0.2, 0.25) is 0 Å². The summed E-state index contributed by atoms with van der Waals surface area (Å²) < 4.78 is 0. The van der Waals surface area contributed by atoms with Gasteiger partial charge in [-0.2, -0.15) is 0 Å². The second-order valence-electron chi connectivity index (χ2n) is 4.86. The molecule has 1 heterocycles. The average Bonchev–Trinajstić information content (AvgIpc) is 2.74. The molecule has 2 rings (SSSR count). The number of nitrogens with zero attached hydrogens (tertiary/aromatic N) is 2. The Labute approximate surface area is 106 Å². The van der Waals surface area contributed by atoms with Crippen LogP contribution in [0.5, 0.6) is 0 Å². The van der Waals surface area contributed by atoms with Crippen molar-refractivity contribution in [3.63, 3.8) is 0 Å². The van der Waals surface area contributed by atoms with Gasteiger partial charge in [-0.1, -0.05) is 13.5 Å². The Morgan fingerprint density at radius 2 is 2.28 bits per heavy atom. The fourth-order valence-electron chi connectivity index (χ4n) is 2.27. The van der Waals surface area contributed by atoms with E-state index in [1.54, 1.807) is 6.07 Å². The Morgan fingerprint density at radius 1 is 1.56 bits per heavy atom. The first kappa shape index (κ1) is 12.4. The van der Waals surface area contributed by atoms with Crippen molar-refractivity contribution in [1.82, 2.24) is 4.90 Å². The zero-order valence-corrected chi connectivity index (χ0v) is 10.4. The maximum atomic E-state index is 10.8. The molecule has 1 aromatic carbocycles. The Balaban J connectivity index is 2.27. The van der Waals surface area contributed by atoms with Crippen molar-refractivity contribution in [3.05, 3.63) is 40.5 Å². The third-order valence-corrected chi connectivity index (χ3v) is 3.29.